The van der Waals surface area contributed by atoms with Crippen molar-refractivity contribution >= 4 is 11.8 Å². The number of aliphatic hydroxyl groups is 1. The maximum Gasteiger partial charge on any atom is 0.110 e. The van der Waals surface area contributed by atoms with Crippen LogP contribution in [0, 0.1) is 6.92 Å². The predicted molar refractivity (Wildman–Crippen MR) is 64.3 cm³/mol. The van der Waals surface area contributed by atoms with E-state index in [-0.39, 0.29) is 0 Å². The van der Waals surface area contributed by atoms with E-state index in [1.165, 1.54) is 12.8 Å². The Morgan fingerprint density at radius 2 is 1.94 bits per heavy atom. The fourth-order valence-corrected chi connectivity index (χ4v) is 4.61. The first-order valence-electron chi connectivity index (χ1n) is 5.84. The standard InChI is InChI=1S/C12H16N2OS/c1-8-2-5-11(14-13-8)12(15)6-9-3-4-10(7-12)16-9/h2,5,9-10,15H,3-4,6-7H2,1H3. The van der Waals surface area contributed by atoms with Gasteiger partial charge in [-0.05, 0) is 44.7 Å². The molecule has 1 N–H and O–H groups in total. The van der Waals surface area contributed by atoms with E-state index in [4.69, 9.17) is 0 Å². The number of aromatic nitrogens is 2. The number of rotatable bonds is 1. The van der Waals surface area contributed by atoms with E-state index < -0.39 is 5.60 Å². The van der Waals surface area contributed by atoms with Crippen LogP contribution in [0.15, 0.2) is 12.1 Å². The molecule has 0 aliphatic carbocycles. The van der Waals surface area contributed by atoms with E-state index in [1.54, 1.807) is 0 Å². The van der Waals surface area contributed by atoms with Crippen LogP contribution in [0.2, 0.25) is 0 Å². The highest BCUT2D eigenvalue weighted by atomic mass is 32.2. The van der Waals surface area contributed by atoms with E-state index in [0.29, 0.717) is 10.5 Å². The molecule has 0 saturated carbocycles. The lowest BCUT2D eigenvalue weighted by Crippen LogP contribution is -2.35. The molecule has 86 valence electrons. The third kappa shape index (κ3) is 1.74. The number of hydrogen-bond acceptors (Lipinski definition) is 4. The molecule has 4 heteroatoms. The van der Waals surface area contributed by atoms with Gasteiger partial charge in [-0.3, -0.25) is 0 Å². The average molecular weight is 236 g/mol. The summed E-state index contributed by atoms with van der Waals surface area (Å²) in [7, 11) is 0. The fourth-order valence-electron chi connectivity index (χ4n) is 2.77. The van der Waals surface area contributed by atoms with Crippen LogP contribution < -0.4 is 0 Å². The zero-order valence-electron chi connectivity index (χ0n) is 9.39. The van der Waals surface area contributed by atoms with E-state index >= 15 is 0 Å². The Morgan fingerprint density at radius 1 is 1.25 bits per heavy atom. The van der Waals surface area contributed by atoms with Gasteiger partial charge < -0.3 is 5.11 Å². The van der Waals surface area contributed by atoms with E-state index in [9.17, 15) is 5.11 Å². The Bertz CT molecular complexity index is 381. The number of nitrogens with zero attached hydrogens (tertiary/aromatic N) is 2. The summed E-state index contributed by atoms with van der Waals surface area (Å²) >= 11 is 2.04. The minimum absolute atomic E-state index is 0.617. The monoisotopic (exact) mass is 236 g/mol. The highest BCUT2D eigenvalue weighted by molar-refractivity contribution is 8.00. The number of thioether (sulfide) groups is 1. The Balaban J connectivity index is 1.90. The van der Waals surface area contributed by atoms with Crippen molar-refractivity contribution in [2.24, 2.45) is 0 Å². The molecule has 0 amide bonds. The van der Waals surface area contributed by atoms with Gasteiger partial charge in [0.25, 0.3) is 0 Å². The van der Waals surface area contributed by atoms with E-state index in [2.05, 4.69) is 10.2 Å². The molecule has 1 aromatic rings. The predicted octanol–water partition coefficient (Wildman–Crippen LogP) is 2.03. The molecular formula is C12H16N2OS. The van der Waals surface area contributed by atoms with Gasteiger partial charge >= 0.3 is 0 Å². The normalized spacial score (nSPS) is 37.6. The van der Waals surface area contributed by atoms with Crippen LogP contribution in [0.4, 0.5) is 0 Å². The third-order valence-corrected chi connectivity index (χ3v) is 5.18. The molecule has 2 aliphatic rings. The molecule has 16 heavy (non-hydrogen) atoms. The van der Waals surface area contributed by atoms with Crippen LogP contribution in [0.25, 0.3) is 0 Å². The van der Waals surface area contributed by atoms with Crippen LogP contribution in [-0.2, 0) is 5.60 Å². The molecule has 2 fully saturated rings. The van der Waals surface area contributed by atoms with Crippen LogP contribution in [0.5, 0.6) is 0 Å². The lowest BCUT2D eigenvalue weighted by atomic mass is 9.90. The second-order valence-electron chi connectivity index (χ2n) is 4.96. The Morgan fingerprint density at radius 3 is 2.50 bits per heavy atom. The SMILES string of the molecule is Cc1ccc(C2(O)CC3CCC(C2)S3)nn1. The second kappa shape index (κ2) is 3.70. The fraction of sp³-hybridized carbons (Fsp3) is 0.667. The topological polar surface area (TPSA) is 46.0 Å². The van der Waals surface area contributed by atoms with Gasteiger partial charge in [-0.2, -0.15) is 22.0 Å². The average Bonchev–Trinajstić information content (AvgIpc) is 2.59. The maximum absolute atomic E-state index is 10.7. The summed E-state index contributed by atoms with van der Waals surface area (Å²) in [5.41, 5.74) is 0.938. The molecule has 1 aromatic heterocycles. The number of fused-ring (bicyclic) bond motifs is 2. The molecule has 2 bridgehead atoms. The van der Waals surface area contributed by atoms with Gasteiger partial charge in [0.1, 0.15) is 5.60 Å². The van der Waals surface area contributed by atoms with Gasteiger partial charge in [-0.25, -0.2) is 0 Å². The molecule has 2 unspecified atom stereocenters. The highest BCUT2D eigenvalue weighted by Crippen LogP contribution is 2.50. The van der Waals surface area contributed by atoms with Gasteiger partial charge in [-0.1, -0.05) is 0 Å². The molecule has 3 heterocycles. The Hall–Kier alpha value is -0.610. The van der Waals surface area contributed by atoms with Gasteiger partial charge in [-0.15, -0.1) is 0 Å². The minimum Gasteiger partial charge on any atom is -0.383 e. The molecule has 0 spiro atoms. The summed E-state index contributed by atoms with van der Waals surface area (Å²) in [6, 6.07) is 3.86. The van der Waals surface area contributed by atoms with Crippen LogP contribution in [0.3, 0.4) is 0 Å². The van der Waals surface area contributed by atoms with E-state index in [1.807, 2.05) is 30.8 Å². The van der Waals surface area contributed by atoms with Crippen molar-refractivity contribution in [1.29, 1.82) is 0 Å². The lowest BCUT2D eigenvalue weighted by molar-refractivity contribution is 0.0144. The van der Waals surface area contributed by atoms with Gasteiger partial charge in [0.15, 0.2) is 0 Å². The molecule has 3 rings (SSSR count). The summed E-state index contributed by atoms with van der Waals surface area (Å²) in [5.74, 6) is 0. The van der Waals surface area contributed by atoms with Crippen LogP contribution in [0.1, 0.15) is 37.1 Å². The smallest absolute Gasteiger partial charge is 0.110 e. The largest absolute Gasteiger partial charge is 0.383 e. The van der Waals surface area contributed by atoms with Gasteiger partial charge in [0.05, 0.1) is 11.4 Å². The van der Waals surface area contributed by atoms with Crippen molar-refractivity contribution in [3.63, 3.8) is 0 Å². The Kier molecular flexibility index (Phi) is 2.44. The highest BCUT2D eigenvalue weighted by Gasteiger charge is 2.45. The van der Waals surface area contributed by atoms with E-state index in [0.717, 1.165) is 24.2 Å². The van der Waals surface area contributed by atoms with Crippen molar-refractivity contribution in [3.05, 3.63) is 23.5 Å². The van der Waals surface area contributed by atoms with Gasteiger partial charge in [0, 0.05) is 10.5 Å². The molecular weight excluding hydrogens is 220 g/mol. The summed E-state index contributed by atoms with van der Waals surface area (Å²) in [6.45, 7) is 1.92. The third-order valence-electron chi connectivity index (χ3n) is 3.60. The molecule has 2 saturated heterocycles. The lowest BCUT2D eigenvalue weighted by Gasteiger charge is -2.35. The van der Waals surface area contributed by atoms with Crippen molar-refractivity contribution in [2.75, 3.05) is 0 Å². The summed E-state index contributed by atoms with van der Waals surface area (Å²) in [6.07, 6.45) is 4.17. The number of aryl methyl sites for hydroxylation is 1. The van der Waals surface area contributed by atoms with Crippen LogP contribution in [-0.4, -0.2) is 25.8 Å². The van der Waals surface area contributed by atoms with Crippen molar-refractivity contribution < 1.29 is 5.11 Å². The van der Waals surface area contributed by atoms with Gasteiger partial charge in [0.2, 0.25) is 0 Å². The first-order chi connectivity index (χ1) is 7.66. The zero-order chi connectivity index (χ0) is 11.2. The first-order valence-corrected chi connectivity index (χ1v) is 6.79. The summed E-state index contributed by atoms with van der Waals surface area (Å²) < 4.78 is 0. The molecule has 3 nitrogen and oxygen atoms in total. The van der Waals surface area contributed by atoms with Crippen molar-refractivity contribution in [2.45, 2.75) is 48.7 Å². The number of hydrogen-bond donors (Lipinski definition) is 1. The Labute approximate surface area is 99.7 Å². The molecule has 0 aromatic carbocycles. The second-order valence-corrected chi connectivity index (χ2v) is 6.56. The zero-order valence-corrected chi connectivity index (χ0v) is 10.2. The molecule has 0 radical (unpaired) electrons. The maximum atomic E-state index is 10.7. The van der Waals surface area contributed by atoms with Crippen molar-refractivity contribution in [1.82, 2.24) is 10.2 Å². The molecule has 2 atom stereocenters. The van der Waals surface area contributed by atoms with Crippen molar-refractivity contribution in [3.8, 4) is 0 Å². The first kappa shape index (κ1) is 10.5. The van der Waals surface area contributed by atoms with Crippen LogP contribution >= 0.6 is 11.8 Å². The quantitative estimate of drug-likeness (QED) is 0.810. The summed E-state index contributed by atoms with van der Waals surface area (Å²) in [4.78, 5) is 0. The molecule has 2 aliphatic heterocycles. The minimum atomic E-state index is -0.724. The summed E-state index contributed by atoms with van der Waals surface area (Å²) in [5, 5.41) is 20.1.